The van der Waals surface area contributed by atoms with Crippen LogP contribution in [0, 0.1) is 0 Å². The normalized spacial score (nSPS) is 24.5. The largest absolute Gasteiger partial charge is 0.387 e. The van der Waals surface area contributed by atoms with Crippen LogP contribution < -0.4 is 5.32 Å². The van der Waals surface area contributed by atoms with E-state index in [1.165, 1.54) is 19.2 Å². The zero-order valence-electron chi connectivity index (χ0n) is 8.06. The Hall–Kier alpha value is -1.00. The van der Waals surface area contributed by atoms with E-state index in [0.29, 0.717) is 0 Å². The fourth-order valence-electron chi connectivity index (χ4n) is 1.84. The van der Waals surface area contributed by atoms with Crippen LogP contribution in [-0.4, -0.2) is 27.7 Å². The van der Waals surface area contributed by atoms with Gasteiger partial charge in [-0.05, 0) is 19.4 Å². The SMILES string of the molecule is OC(c1cncnc1)C1CCCCN1. The molecular weight excluding hydrogens is 178 g/mol. The van der Waals surface area contributed by atoms with Crippen molar-refractivity contribution in [3.8, 4) is 0 Å². The van der Waals surface area contributed by atoms with Crippen LogP contribution in [0.1, 0.15) is 30.9 Å². The van der Waals surface area contributed by atoms with Gasteiger partial charge in [0.05, 0.1) is 6.10 Å². The summed E-state index contributed by atoms with van der Waals surface area (Å²) in [6.07, 6.45) is 7.76. The van der Waals surface area contributed by atoms with E-state index in [2.05, 4.69) is 15.3 Å². The maximum atomic E-state index is 10.0. The van der Waals surface area contributed by atoms with Crippen molar-refractivity contribution in [3.05, 3.63) is 24.3 Å². The van der Waals surface area contributed by atoms with Gasteiger partial charge in [0.1, 0.15) is 6.33 Å². The van der Waals surface area contributed by atoms with E-state index in [4.69, 9.17) is 0 Å². The summed E-state index contributed by atoms with van der Waals surface area (Å²) in [5, 5.41) is 13.3. The molecule has 76 valence electrons. The van der Waals surface area contributed by atoms with E-state index in [9.17, 15) is 5.11 Å². The molecule has 0 amide bonds. The molecule has 0 bridgehead atoms. The predicted octanol–water partition coefficient (Wildman–Crippen LogP) is 0.652. The van der Waals surface area contributed by atoms with E-state index in [0.717, 1.165) is 18.5 Å². The molecule has 1 saturated heterocycles. The van der Waals surface area contributed by atoms with Crippen molar-refractivity contribution in [3.63, 3.8) is 0 Å². The molecule has 2 heterocycles. The molecule has 4 heteroatoms. The van der Waals surface area contributed by atoms with Crippen LogP contribution in [0.4, 0.5) is 0 Å². The van der Waals surface area contributed by atoms with Gasteiger partial charge in [0.15, 0.2) is 0 Å². The van der Waals surface area contributed by atoms with Gasteiger partial charge in [0.25, 0.3) is 0 Å². The third kappa shape index (κ3) is 2.08. The average Bonchev–Trinajstić information content (AvgIpc) is 2.30. The molecule has 2 atom stereocenters. The Morgan fingerprint density at radius 2 is 2.14 bits per heavy atom. The number of aromatic nitrogens is 2. The first-order chi connectivity index (χ1) is 6.88. The van der Waals surface area contributed by atoms with E-state index in [-0.39, 0.29) is 6.04 Å². The van der Waals surface area contributed by atoms with Gasteiger partial charge >= 0.3 is 0 Å². The molecule has 0 radical (unpaired) electrons. The van der Waals surface area contributed by atoms with Gasteiger partial charge in [0, 0.05) is 24.0 Å². The Labute approximate surface area is 83.4 Å². The molecule has 0 saturated carbocycles. The molecule has 1 aromatic rings. The molecule has 1 aliphatic heterocycles. The number of rotatable bonds is 2. The molecule has 2 rings (SSSR count). The predicted molar refractivity (Wildman–Crippen MR) is 52.6 cm³/mol. The monoisotopic (exact) mass is 193 g/mol. The maximum absolute atomic E-state index is 10.0. The smallest absolute Gasteiger partial charge is 0.115 e. The van der Waals surface area contributed by atoms with E-state index in [1.807, 2.05) is 0 Å². The Kier molecular flexibility index (Phi) is 3.06. The van der Waals surface area contributed by atoms with Crippen LogP contribution in [-0.2, 0) is 0 Å². The molecule has 2 N–H and O–H groups in total. The highest BCUT2D eigenvalue weighted by molar-refractivity contribution is 5.09. The highest BCUT2D eigenvalue weighted by atomic mass is 16.3. The van der Waals surface area contributed by atoms with Crippen molar-refractivity contribution in [2.45, 2.75) is 31.4 Å². The minimum Gasteiger partial charge on any atom is -0.387 e. The average molecular weight is 193 g/mol. The molecular formula is C10H15N3O. The number of nitrogens with zero attached hydrogens (tertiary/aromatic N) is 2. The zero-order chi connectivity index (χ0) is 9.80. The minimum atomic E-state index is -0.475. The lowest BCUT2D eigenvalue weighted by Gasteiger charge is -2.27. The highest BCUT2D eigenvalue weighted by Gasteiger charge is 2.22. The van der Waals surface area contributed by atoms with E-state index >= 15 is 0 Å². The fourth-order valence-corrected chi connectivity index (χ4v) is 1.84. The molecule has 1 aromatic heterocycles. The Balaban J connectivity index is 2.03. The molecule has 2 unspecified atom stereocenters. The first-order valence-corrected chi connectivity index (χ1v) is 5.04. The van der Waals surface area contributed by atoms with Gasteiger partial charge in [-0.25, -0.2) is 9.97 Å². The van der Waals surface area contributed by atoms with Crippen molar-refractivity contribution in [2.75, 3.05) is 6.54 Å². The number of aliphatic hydroxyl groups excluding tert-OH is 1. The second kappa shape index (κ2) is 4.48. The standard InChI is InChI=1S/C10H15N3O/c14-10(8-5-11-7-12-6-8)9-3-1-2-4-13-9/h5-7,9-10,13-14H,1-4H2. The van der Waals surface area contributed by atoms with Gasteiger partial charge in [-0.2, -0.15) is 0 Å². The van der Waals surface area contributed by atoms with Crippen LogP contribution in [0.2, 0.25) is 0 Å². The third-order valence-corrected chi connectivity index (χ3v) is 2.65. The molecule has 0 aromatic carbocycles. The topological polar surface area (TPSA) is 58.0 Å². The first-order valence-electron chi connectivity index (χ1n) is 5.04. The van der Waals surface area contributed by atoms with Crippen LogP contribution in [0.3, 0.4) is 0 Å². The Morgan fingerprint density at radius 1 is 1.36 bits per heavy atom. The Bertz CT molecular complexity index is 272. The Morgan fingerprint density at radius 3 is 2.79 bits per heavy atom. The van der Waals surface area contributed by atoms with Crippen molar-refractivity contribution >= 4 is 0 Å². The molecule has 4 nitrogen and oxygen atoms in total. The van der Waals surface area contributed by atoms with Crippen LogP contribution in [0.15, 0.2) is 18.7 Å². The summed E-state index contributed by atoms with van der Waals surface area (Å²) >= 11 is 0. The summed E-state index contributed by atoms with van der Waals surface area (Å²) in [7, 11) is 0. The summed E-state index contributed by atoms with van der Waals surface area (Å²) in [6, 6.07) is 0.162. The summed E-state index contributed by atoms with van der Waals surface area (Å²) in [4.78, 5) is 7.80. The van der Waals surface area contributed by atoms with Crippen LogP contribution in [0.25, 0.3) is 0 Å². The first kappa shape index (κ1) is 9.55. The molecule has 0 spiro atoms. The second-order valence-corrected chi connectivity index (χ2v) is 3.67. The second-order valence-electron chi connectivity index (χ2n) is 3.67. The van der Waals surface area contributed by atoms with Crippen LogP contribution in [0.5, 0.6) is 0 Å². The maximum Gasteiger partial charge on any atom is 0.115 e. The lowest BCUT2D eigenvalue weighted by molar-refractivity contribution is 0.113. The minimum absolute atomic E-state index is 0.162. The fraction of sp³-hybridized carbons (Fsp3) is 0.600. The van der Waals surface area contributed by atoms with Gasteiger partial charge in [0.2, 0.25) is 0 Å². The summed E-state index contributed by atoms with van der Waals surface area (Å²) in [6.45, 7) is 0.995. The van der Waals surface area contributed by atoms with Crippen molar-refractivity contribution in [2.24, 2.45) is 0 Å². The molecule has 1 aliphatic rings. The van der Waals surface area contributed by atoms with E-state index < -0.39 is 6.10 Å². The van der Waals surface area contributed by atoms with Gasteiger partial charge in [-0.3, -0.25) is 0 Å². The third-order valence-electron chi connectivity index (χ3n) is 2.65. The summed E-state index contributed by atoms with van der Waals surface area (Å²) < 4.78 is 0. The zero-order valence-corrected chi connectivity index (χ0v) is 8.06. The molecule has 1 fully saturated rings. The van der Waals surface area contributed by atoms with Gasteiger partial charge in [-0.15, -0.1) is 0 Å². The van der Waals surface area contributed by atoms with Gasteiger partial charge in [-0.1, -0.05) is 6.42 Å². The van der Waals surface area contributed by atoms with Crippen molar-refractivity contribution in [1.82, 2.24) is 15.3 Å². The number of hydrogen-bond donors (Lipinski definition) is 2. The lowest BCUT2D eigenvalue weighted by atomic mass is 9.96. The molecule has 14 heavy (non-hydrogen) atoms. The summed E-state index contributed by atoms with van der Waals surface area (Å²) in [5.74, 6) is 0. The molecule has 0 aliphatic carbocycles. The number of nitrogens with one attached hydrogen (secondary N) is 1. The highest BCUT2D eigenvalue weighted by Crippen LogP contribution is 2.21. The quantitative estimate of drug-likeness (QED) is 0.724. The van der Waals surface area contributed by atoms with Crippen molar-refractivity contribution < 1.29 is 5.11 Å². The van der Waals surface area contributed by atoms with Gasteiger partial charge < -0.3 is 10.4 Å². The number of piperidine rings is 1. The number of hydrogen-bond acceptors (Lipinski definition) is 4. The number of aliphatic hydroxyl groups is 1. The summed E-state index contributed by atoms with van der Waals surface area (Å²) in [5.41, 5.74) is 0.798. The lowest BCUT2D eigenvalue weighted by Crippen LogP contribution is -2.38. The van der Waals surface area contributed by atoms with Crippen molar-refractivity contribution in [1.29, 1.82) is 0 Å². The van der Waals surface area contributed by atoms with Crippen LogP contribution >= 0.6 is 0 Å². The van der Waals surface area contributed by atoms with E-state index in [1.54, 1.807) is 12.4 Å².